The van der Waals surface area contributed by atoms with Crippen LogP contribution in [0.1, 0.15) is 6.92 Å². The molecule has 6 heteroatoms. The molecule has 0 aliphatic rings. The van der Waals surface area contributed by atoms with Crippen LogP contribution in [0.2, 0.25) is 5.28 Å². The molecule has 0 radical (unpaired) electrons. The number of aromatic nitrogens is 2. The quantitative estimate of drug-likeness (QED) is 0.642. The van der Waals surface area contributed by atoms with E-state index in [4.69, 9.17) is 23.2 Å². The van der Waals surface area contributed by atoms with E-state index in [-0.39, 0.29) is 23.0 Å². The number of carbonyl (C=O) groups is 1. The highest BCUT2D eigenvalue weighted by Crippen LogP contribution is 2.08. The van der Waals surface area contributed by atoms with Crippen LogP contribution in [-0.2, 0) is 4.79 Å². The van der Waals surface area contributed by atoms with Gasteiger partial charge in [0.05, 0.1) is 0 Å². The molecule has 0 fully saturated rings. The van der Waals surface area contributed by atoms with Gasteiger partial charge in [-0.2, -0.15) is 0 Å². The maximum Gasteiger partial charge on any atom is 0.229 e. The van der Waals surface area contributed by atoms with Crippen LogP contribution in [-0.4, -0.2) is 21.8 Å². The lowest BCUT2D eigenvalue weighted by Crippen LogP contribution is -2.22. The van der Waals surface area contributed by atoms with Gasteiger partial charge in [-0.25, -0.2) is 9.97 Å². The number of nitrogens with zero attached hydrogens (tertiary/aromatic N) is 2. The molecule has 1 N–H and O–H groups in total. The van der Waals surface area contributed by atoms with Gasteiger partial charge in [-0.05, 0) is 17.7 Å². The van der Waals surface area contributed by atoms with Crippen LogP contribution in [0.3, 0.4) is 0 Å². The molecule has 0 aliphatic carbocycles. The fraction of sp³-hybridized carbons (Fsp3) is 0.375. The van der Waals surface area contributed by atoms with E-state index >= 15 is 0 Å². The largest absolute Gasteiger partial charge is 0.310 e. The van der Waals surface area contributed by atoms with Crippen LogP contribution in [0.15, 0.2) is 12.3 Å². The van der Waals surface area contributed by atoms with Crippen LogP contribution < -0.4 is 5.32 Å². The molecular formula is C8H9Cl2N3O. The first-order valence-electron chi connectivity index (χ1n) is 3.99. The summed E-state index contributed by atoms with van der Waals surface area (Å²) in [7, 11) is 0. The number of alkyl halides is 1. The number of amides is 1. The van der Waals surface area contributed by atoms with Crippen molar-refractivity contribution >= 4 is 34.9 Å². The van der Waals surface area contributed by atoms with E-state index in [1.807, 2.05) is 0 Å². The Morgan fingerprint density at radius 2 is 2.43 bits per heavy atom. The Kier molecular flexibility index (Phi) is 4.10. The Hall–Kier alpha value is -0.870. The van der Waals surface area contributed by atoms with Crippen molar-refractivity contribution in [2.45, 2.75) is 6.92 Å². The third kappa shape index (κ3) is 3.12. The van der Waals surface area contributed by atoms with Gasteiger partial charge >= 0.3 is 0 Å². The van der Waals surface area contributed by atoms with Crippen LogP contribution in [0, 0.1) is 5.92 Å². The predicted molar refractivity (Wildman–Crippen MR) is 55.6 cm³/mol. The minimum absolute atomic E-state index is 0.0985. The lowest BCUT2D eigenvalue weighted by atomic mass is 10.2. The highest BCUT2D eigenvalue weighted by molar-refractivity contribution is 6.28. The Bertz CT molecular complexity index is 332. The zero-order chi connectivity index (χ0) is 10.6. The molecule has 0 saturated carbocycles. The Morgan fingerprint density at radius 3 is 3.00 bits per heavy atom. The zero-order valence-electron chi connectivity index (χ0n) is 7.50. The monoisotopic (exact) mass is 233 g/mol. The van der Waals surface area contributed by atoms with Gasteiger partial charge in [0, 0.05) is 18.0 Å². The molecule has 1 rings (SSSR count). The van der Waals surface area contributed by atoms with Crippen LogP contribution >= 0.6 is 23.2 Å². The minimum atomic E-state index is -0.259. The maximum absolute atomic E-state index is 11.4. The van der Waals surface area contributed by atoms with Gasteiger partial charge in [-0.3, -0.25) is 4.79 Å². The van der Waals surface area contributed by atoms with Crippen molar-refractivity contribution in [1.29, 1.82) is 0 Å². The second kappa shape index (κ2) is 5.12. The van der Waals surface area contributed by atoms with Gasteiger partial charge in [0.1, 0.15) is 5.82 Å². The second-order valence-corrected chi connectivity index (χ2v) is 3.40. The molecule has 0 aliphatic heterocycles. The fourth-order valence-corrected chi connectivity index (χ4v) is 1.01. The third-order valence-corrected chi connectivity index (χ3v) is 2.20. The van der Waals surface area contributed by atoms with Crippen molar-refractivity contribution in [3.63, 3.8) is 0 Å². The summed E-state index contributed by atoms with van der Waals surface area (Å²) in [5, 5.41) is 2.67. The predicted octanol–water partition coefficient (Wildman–Crippen LogP) is 1.94. The van der Waals surface area contributed by atoms with Gasteiger partial charge in [-0.15, -0.1) is 11.6 Å². The zero-order valence-corrected chi connectivity index (χ0v) is 9.01. The standard InChI is InChI=1S/C8H9Cl2N3O/c1-5(4-9)7(14)12-6-2-3-11-8(10)13-6/h2-3,5H,4H2,1H3,(H,11,12,13,14). The summed E-state index contributed by atoms with van der Waals surface area (Å²) in [6.45, 7) is 1.73. The van der Waals surface area contributed by atoms with Crippen molar-refractivity contribution in [1.82, 2.24) is 9.97 Å². The Balaban J connectivity index is 2.65. The highest BCUT2D eigenvalue weighted by Gasteiger charge is 2.11. The average Bonchev–Trinajstić information content (AvgIpc) is 2.16. The first kappa shape index (κ1) is 11.2. The molecule has 0 bridgehead atoms. The second-order valence-electron chi connectivity index (χ2n) is 2.76. The molecule has 1 unspecified atom stereocenters. The Morgan fingerprint density at radius 1 is 1.71 bits per heavy atom. The van der Waals surface area contributed by atoms with Crippen LogP contribution in [0.5, 0.6) is 0 Å². The van der Waals surface area contributed by atoms with Crippen molar-refractivity contribution in [2.75, 3.05) is 11.2 Å². The van der Waals surface area contributed by atoms with Gasteiger partial charge < -0.3 is 5.32 Å². The summed E-state index contributed by atoms with van der Waals surface area (Å²) < 4.78 is 0. The van der Waals surface area contributed by atoms with Gasteiger partial charge in [0.2, 0.25) is 11.2 Å². The highest BCUT2D eigenvalue weighted by atomic mass is 35.5. The lowest BCUT2D eigenvalue weighted by molar-refractivity contribution is -0.118. The molecule has 1 aromatic heterocycles. The van der Waals surface area contributed by atoms with Crippen molar-refractivity contribution in [3.8, 4) is 0 Å². The van der Waals surface area contributed by atoms with E-state index < -0.39 is 0 Å². The third-order valence-electron chi connectivity index (χ3n) is 1.56. The first-order valence-corrected chi connectivity index (χ1v) is 4.90. The number of rotatable bonds is 3. The summed E-state index contributed by atoms with van der Waals surface area (Å²) in [5.41, 5.74) is 0. The Labute approximate surface area is 91.6 Å². The molecule has 1 amide bonds. The summed E-state index contributed by atoms with van der Waals surface area (Å²) in [6, 6.07) is 1.56. The smallest absolute Gasteiger partial charge is 0.229 e. The van der Waals surface area contributed by atoms with Gasteiger partial charge in [0.15, 0.2) is 0 Å². The normalized spacial score (nSPS) is 12.2. The number of halogens is 2. The SMILES string of the molecule is CC(CCl)C(=O)Nc1ccnc(Cl)n1. The van der Waals surface area contributed by atoms with E-state index in [0.717, 1.165) is 0 Å². The first-order chi connectivity index (χ1) is 6.63. The summed E-state index contributed by atoms with van der Waals surface area (Å²) >= 11 is 11.1. The van der Waals surface area contributed by atoms with Crippen LogP contribution in [0.4, 0.5) is 5.82 Å². The number of anilines is 1. The number of hydrogen-bond acceptors (Lipinski definition) is 3. The average molecular weight is 234 g/mol. The molecule has 0 spiro atoms. The van der Waals surface area contributed by atoms with E-state index in [1.54, 1.807) is 13.0 Å². The molecule has 1 atom stereocenters. The van der Waals surface area contributed by atoms with Crippen LogP contribution in [0.25, 0.3) is 0 Å². The lowest BCUT2D eigenvalue weighted by Gasteiger charge is -2.07. The molecule has 1 aromatic rings. The molecular weight excluding hydrogens is 225 g/mol. The molecule has 4 nitrogen and oxygen atoms in total. The van der Waals surface area contributed by atoms with Gasteiger partial charge in [-0.1, -0.05) is 6.92 Å². The molecule has 14 heavy (non-hydrogen) atoms. The summed E-state index contributed by atoms with van der Waals surface area (Å²) in [4.78, 5) is 18.9. The molecule has 0 saturated heterocycles. The van der Waals surface area contributed by atoms with Gasteiger partial charge in [0.25, 0.3) is 0 Å². The number of nitrogens with one attached hydrogen (secondary N) is 1. The van der Waals surface area contributed by atoms with E-state index in [9.17, 15) is 4.79 Å². The summed E-state index contributed by atoms with van der Waals surface area (Å²) in [6.07, 6.45) is 1.47. The minimum Gasteiger partial charge on any atom is -0.310 e. The number of carbonyl (C=O) groups excluding carboxylic acids is 1. The fourth-order valence-electron chi connectivity index (χ4n) is 0.724. The van der Waals surface area contributed by atoms with Crippen molar-refractivity contribution in [2.24, 2.45) is 5.92 Å². The summed E-state index contributed by atoms with van der Waals surface area (Å²) in [5.74, 6) is 0.206. The van der Waals surface area contributed by atoms with E-state index in [0.29, 0.717) is 5.82 Å². The maximum atomic E-state index is 11.4. The van der Waals surface area contributed by atoms with Crippen molar-refractivity contribution in [3.05, 3.63) is 17.5 Å². The van der Waals surface area contributed by atoms with E-state index in [1.165, 1.54) is 6.20 Å². The molecule has 1 heterocycles. The van der Waals surface area contributed by atoms with E-state index in [2.05, 4.69) is 15.3 Å². The molecule has 0 aromatic carbocycles. The topological polar surface area (TPSA) is 54.9 Å². The number of hydrogen-bond donors (Lipinski definition) is 1. The van der Waals surface area contributed by atoms with Crippen molar-refractivity contribution < 1.29 is 4.79 Å². The molecule has 76 valence electrons.